The van der Waals surface area contributed by atoms with Crippen molar-refractivity contribution in [2.24, 2.45) is 5.92 Å². The van der Waals surface area contributed by atoms with Gasteiger partial charge in [0.2, 0.25) is 0 Å². The van der Waals surface area contributed by atoms with Crippen LogP contribution < -0.4 is 0 Å². The molecule has 0 aliphatic rings. The molecule has 0 saturated carbocycles. The minimum Gasteiger partial charge on any atom is -0.376 e. The first-order valence-corrected chi connectivity index (χ1v) is 3.60. The van der Waals surface area contributed by atoms with Crippen LogP contribution in [0.1, 0.15) is 20.8 Å². The Morgan fingerprint density at radius 2 is 2.00 bits per heavy atom. The predicted molar refractivity (Wildman–Crippen MR) is 38.8 cm³/mol. The Balaban J connectivity index is 3.50. The molecule has 62 valence electrons. The van der Waals surface area contributed by atoms with Crippen molar-refractivity contribution in [1.82, 2.24) is 0 Å². The number of hydrogen-bond acceptors (Lipinski definition) is 3. The molecule has 0 amide bonds. The minimum atomic E-state index is 0.00926. The summed E-state index contributed by atoms with van der Waals surface area (Å²) in [4.78, 5) is 3.99. The lowest BCUT2D eigenvalue weighted by Crippen LogP contribution is -2.25. The second-order valence-corrected chi connectivity index (χ2v) is 2.53. The van der Waals surface area contributed by atoms with Crippen LogP contribution in [-0.4, -0.2) is 24.6 Å². The second-order valence-electron chi connectivity index (χ2n) is 2.53. The zero-order valence-corrected chi connectivity index (χ0v) is 6.83. The van der Waals surface area contributed by atoms with Crippen molar-refractivity contribution < 1.29 is 14.9 Å². The largest absolute Gasteiger partial charge is 0.376 e. The van der Waals surface area contributed by atoms with Gasteiger partial charge in [0, 0.05) is 6.61 Å². The summed E-state index contributed by atoms with van der Waals surface area (Å²) in [6.07, 6.45) is 0.00926. The van der Waals surface area contributed by atoms with E-state index in [1.165, 1.54) is 0 Å². The number of rotatable bonds is 5. The van der Waals surface area contributed by atoms with Gasteiger partial charge in [0.1, 0.15) is 6.61 Å². The highest BCUT2D eigenvalue weighted by Gasteiger charge is 2.12. The molecule has 0 radical (unpaired) electrons. The van der Waals surface area contributed by atoms with E-state index in [1.807, 2.05) is 20.8 Å². The van der Waals surface area contributed by atoms with E-state index in [0.29, 0.717) is 12.5 Å². The molecule has 3 heteroatoms. The van der Waals surface area contributed by atoms with E-state index in [-0.39, 0.29) is 12.7 Å². The Bertz CT molecular complexity index is 67.3. The lowest BCUT2D eigenvalue weighted by Gasteiger charge is -2.18. The van der Waals surface area contributed by atoms with Crippen molar-refractivity contribution in [2.45, 2.75) is 26.9 Å². The lowest BCUT2D eigenvalue weighted by molar-refractivity contribution is -0.263. The minimum absolute atomic E-state index is 0.00926. The Hall–Kier alpha value is -0.120. The third kappa shape index (κ3) is 3.82. The Morgan fingerprint density at radius 1 is 1.40 bits per heavy atom. The smallest absolute Gasteiger partial charge is 0.108 e. The quantitative estimate of drug-likeness (QED) is 0.474. The van der Waals surface area contributed by atoms with Gasteiger partial charge < -0.3 is 4.74 Å². The average molecular weight is 148 g/mol. The molecule has 0 aromatic rings. The van der Waals surface area contributed by atoms with Gasteiger partial charge in [0.25, 0.3) is 0 Å². The zero-order chi connectivity index (χ0) is 7.98. The van der Waals surface area contributed by atoms with Gasteiger partial charge in [-0.15, -0.1) is 0 Å². The number of ether oxygens (including phenoxy) is 1. The van der Waals surface area contributed by atoms with Crippen LogP contribution >= 0.6 is 0 Å². The molecule has 0 saturated heterocycles. The molecule has 0 heterocycles. The molecule has 0 aliphatic carbocycles. The van der Waals surface area contributed by atoms with Crippen molar-refractivity contribution in [3.63, 3.8) is 0 Å². The summed E-state index contributed by atoms with van der Waals surface area (Å²) in [6, 6.07) is 0. The van der Waals surface area contributed by atoms with Crippen molar-refractivity contribution >= 4 is 0 Å². The summed E-state index contributed by atoms with van der Waals surface area (Å²) in [7, 11) is 0. The summed E-state index contributed by atoms with van der Waals surface area (Å²) >= 11 is 0. The van der Waals surface area contributed by atoms with Crippen LogP contribution in [0.15, 0.2) is 0 Å². The highest BCUT2D eigenvalue weighted by atomic mass is 17.1. The van der Waals surface area contributed by atoms with Crippen LogP contribution in [-0.2, 0) is 9.62 Å². The van der Waals surface area contributed by atoms with Crippen LogP contribution in [0.3, 0.4) is 0 Å². The van der Waals surface area contributed by atoms with Gasteiger partial charge in [-0.2, -0.15) is 0 Å². The van der Waals surface area contributed by atoms with E-state index in [9.17, 15) is 0 Å². The molecule has 0 fully saturated rings. The zero-order valence-electron chi connectivity index (χ0n) is 6.83. The Morgan fingerprint density at radius 3 is 2.30 bits per heavy atom. The topological polar surface area (TPSA) is 38.7 Å². The number of hydrogen-bond donors (Lipinski definition) is 1. The molecule has 3 nitrogen and oxygen atoms in total. The molecular formula is C7H16O3. The molecule has 0 spiro atoms. The average Bonchev–Trinajstić information content (AvgIpc) is 1.87. The fourth-order valence-corrected chi connectivity index (χ4v) is 0.721. The maximum Gasteiger partial charge on any atom is 0.108 e. The normalized spacial score (nSPS) is 14.1. The van der Waals surface area contributed by atoms with Gasteiger partial charge in [0.15, 0.2) is 0 Å². The van der Waals surface area contributed by atoms with E-state index in [0.717, 1.165) is 0 Å². The van der Waals surface area contributed by atoms with Gasteiger partial charge >= 0.3 is 0 Å². The Kier molecular flexibility index (Phi) is 5.58. The lowest BCUT2D eigenvalue weighted by atomic mass is 10.1. The summed E-state index contributed by atoms with van der Waals surface area (Å²) in [5.41, 5.74) is 0. The third-order valence-corrected chi connectivity index (χ3v) is 1.36. The molecule has 1 atom stereocenters. The first-order chi connectivity index (χ1) is 4.72. The fraction of sp³-hybridized carbons (Fsp3) is 1.00. The summed E-state index contributed by atoms with van der Waals surface area (Å²) < 4.78 is 5.26. The molecular weight excluding hydrogens is 132 g/mol. The van der Waals surface area contributed by atoms with E-state index in [1.54, 1.807) is 0 Å². The summed E-state index contributed by atoms with van der Waals surface area (Å²) in [5, 5.41) is 8.13. The van der Waals surface area contributed by atoms with E-state index in [2.05, 4.69) is 4.89 Å². The van der Waals surface area contributed by atoms with Crippen LogP contribution in [0.5, 0.6) is 0 Å². The molecule has 0 aliphatic heterocycles. The maximum atomic E-state index is 8.13. The maximum absolute atomic E-state index is 8.13. The molecule has 10 heavy (non-hydrogen) atoms. The van der Waals surface area contributed by atoms with E-state index < -0.39 is 0 Å². The van der Waals surface area contributed by atoms with Crippen LogP contribution in [0.2, 0.25) is 0 Å². The molecule has 0 aromatic carbocycles. The monoisotopic (exact) mass is 148 g/mol. The molecule has 0 aromatic heterocycles. The van der Waals surface area contributed by atoms with Crippen LogP contribution in [0.4, 0.5) is 0 Å². The highest BCUT2D eigenvalue weighted by Crippen LogP contribution is 2.05. The van der Waals surface area contributed by atoms with Crippen molar-refractivity contribution in [3.05, 3.63) is 0 Å². The third-order valence-electron chi connectivity index (χ3n) is 1.36. The van der Waals surface area contributed by atoms with Crippen molar-refractivity contribution in [3.8, 4) is 0 Å². The van der Waals surface area contributed by atoms with Gasteiger partial charge in [0.05, 0.1) is 6.10 Å². The summed E-state index contributed by atoms with van der Waals surface area (Å²) in [6.45, 7) is 6.89. The first kappa shape index (κ1) is 9.88. The van der Waals surface area contributed by atoms with Crippen LogP contribution in [0, 0.1) is 5.92 Å². The molecule has 1 unspecified atom stereocenters. The van der Waals surface area contributed by atoms with Crippen molar-refractivity contribution in [2.75, 3.05) is 13.2 Å². The second kappa shape index (κ2) is 5.65. The van der Waals surface area contributed by atoms with E-state index in [4.69, 9.17) is 9.99 Å². The van der Waals surface area contributed by atoms with Gasteiger partial charge in [-0.05, 0) is 12.8 Å². The molecule has 0 rings (SSSR count). The van der Waals surface area contributed by atoms with Gasteiger partial charge in [-0.25, -0.2) is 4.89 Å². The molecule has 0 bridgehead atoms. The van der Waals surface area contributed by atoms with Crippen molar-refractivity contribution in [1.29, 1.82) is 0 Å². The summed E-state index contributed by atoms with van der Waals surface area (Å²) in [5.74, 6) is 0.382. The predicted octanol–water partition coefficient (Wildman–Crippen LogP) is 1.54. The van der Waals surface area contributed by atoms with Gasteiger partial charge in [-0.3, -0.25) is 5.26 Å². The standard InChI is InChI=1S/C7H16O3/c1-4-9-7(5-10-8)6(2)3/h6-8H,4-5H2,1-3H3. The fourth-order valence-electron chi connectivity index (χ4n) is 0.721. The van der Waals surface area contributed by atoms with E-state index >= 15 is 0 Å². The van der Waals surface area contributed by atoms with Gasteiger partial charge in [-0.1, -0.05) is 13.8 Å². The highest BCUT2D eigenvalue weighted by molar-refractivity contribution is 4.59. The first-order valence-electron chi connectivity index (χ1n) is 3.60. The molecule has 1 N–H and O–H groups in total. The Labute approximate surface area is 61.9 Å². The van der Waals surface area contributed by atoms with Crippen LogP contribution in [0.25, 0.3) is 0 Å². The SMILES string of the molecule is CCOC(COO)C(C)C.